The average molecular weight is 441 g/mol. The van der Waals surface area contributed by atoms with E-state index in [1.54, 1.807) is 12.1 Å². The highest BCUT2D eigenvalue weighted by Crippen LogP contribution is 2.48. The molecule has 4 rings (SSSR count). The van der Waals surface area contributed by atoms with Crippen molar-refractivity contribution in [2.75, 3.05) is 5.32 Å². The molecule has 2 heterocycles. The van der Waals surface area contributed by atoms with E-state index in [4.69, 9.17) is 0 Å². The van der Waals surface area contributed by atoms with Gasteiger partial charge in [-0.2, -0.15) is 0 Å². The number of benzene rings is 1. The molecule has 2 aromatic rings. The fraction of sp³-hybridized carbons (Fsp3) is 0.409. The lowest BCUT2D eigenvalue weighted by Gasteiger charge is -2.38. The molecule has 8 nitrogen and oxygen atoms in total. The molecule has 1 aromatic carbocycles. The van der Waals surface area contributed by atoms with Gasteiger partial charge < -0.3 is 10.3 Å². The molecule has 0 amide bonds. The number of ketones is 1. The minimum absolute atomic E-state index is 0.0547. The fourth-order valence-electron chi connectivity index (χ4n) is 4.32. The highest BCUT2D eigenvalue weighted by molar-refractivity contribution is 7.99. The predicted molar refractivity (Wildman–Crippen MR) is 119 cm³/mol. The zero-order valence-electron chi connectivity index (χ0n) is 17.8. The number of nitrogens with one attached hydrogen (secondary N) is 2. The third-order valence-electron chi connectivity index (χ3n) is 5.46. The second kappa shape index (κ2) is 7.64. The number of Topliss-reactive ketones (excluding diaryl/α,β-unsaturated/α-hetero) is 1. The highest BCUT2D eigenvalue weighted by Gasteiger charge is 2.42. The van der Waals surface area contributed by atoms with E-state index >= 15 is 0 Å². The molecular formula is C22H24N4O4S. The van der Waals surface area contributed by atoms with Crippen molar-refractivity contribution in [3.05, 3.63) is 67.1 Å². The van der Waals surface area contributed by atoms with Gasteiger partial charge >= 0.3 is 0 Å². The quantitative estimate of drug-likeness (QED) is 0.313. The Hall–Kier alpha value is -2.94. The summed E-state index contributed by atoms with van der Waals surface area (Å²) in [7, 11) is 0. The van der Waals surface area contributed by atoms with E-state index in [2.05, 4.69) is 15.3 Å². The Labute approximate surface area is 183 Å². The van der Waals surface area contributed by atoms with Crippen molar-refractivity contribution in [2.24, 2.45) is 5.41 Å². The van der Waals surface area contributed by atoms with Crippen LogP contribution in [-0.4, -0.2) is 25.9 Å². The Morgan fingerprint density at radius 2 is 2.00 bits per heavy atom. The van der Waals surface area contributed by atoms with Crippen molar-refractivity contribution in [3.63, 3.8) is 0 Å². The molecule has 1 unspecified atom stereocenters. The van der Waals surface area contributed by atoms with Crippen molar-refractivity contribution in [1.82, 2.24) is 9.97 Å². The molecule has 0 spiro atoms. The van der Waals surface area contributed by atoms with Gasteiger partial charge in [-0.25, -0.2) is 4.98 Å². The first-order valence-electron chi connectivity index (χ1n) is 10.1. The van der Waals surface area contributed by atoms with Gasteiger partial charge in [-0.3, -0.25) is 19.7 Å². The van der Waals surface area contributed by atoms with Crippen molar-refractivity contribution >= 4 is 29.1 Å². The maximum atomic E-state index is 13.2. The predicted octanol–water partition coefficient (Wildman–Crippen LogP) is 4.38. The van der Waals surface area contributed by atoms with Gasteiger partial charge in [-0.15, -0.1) is 0 Å². The van der Waals surface area contributed by atoms with E-state index in [0.29, 0.717) is 40.5 Å². The molecule has 1 atom stereocenters. The summed E-state index contributed by atoms with van der Waals surface area (Å²) in [5.41, 5.74) is 1.44. The first kappa shape index (κ1) is 21.3. The maximum absolute atomic E-state index is 13.2. The van der Waals surface area contributed by atoms with Crippen molar-refractivity contribution in [2.45, 2.75) is 56.9 Å². The summed E-state index contributed by atoms with van der Waals surface area (Å²) >= 11 is 1.44. The summed E-state index contributed by atoms with van der Waals surface area (Å²) in [6.07, 6.45) is 0.973. The zero-order valence-corrected chi connectivity index (χ0v) is 18.6. The number of aromatic amines is 1. The van der Waals surface area contributed by atoms with Crippen LogP contribution >= 0.6 is 11.8 Å². The van der Waals surface area contributed by atoms with Crippen LogP contribution in [0.3, 0.4) is 0 Å². The number of allylic oxidation sites excluding steroid dienone is 2. The number of hydrogen-bond donors (Lipinski definition) is 2. The van der Waals surface area contributed by atoms with Gasteiger partial charge in [0, 0.05) is 41.0 Å². The number of aromatic nitrogens is 2. The standard InChI is InChI=1S/C22H24N4O4S/c1-11(2)31-21-24-19-18(20(28)25-21)16(12-6-5-7-13(8-12)26(29)30)17-14(23-19)9-22(3,4)10-15(17)27/h5-8,11,16H,9-10H2,1-4H3,(H2,23,24,25,28). The molecule has 2 aliphatic rings. The minimum atomic E-state index is -0.705. The number of nitrogens with zero attached hydrogens (tertiary/aromatic N) is 2. The summed E-state index contributed by atoms with van der Waals surface area (Å²) < 4.78 is 0. The van der Waals surface area contributed by atoms with Crippen LogP contribution in [0, 0.1) is 15.5 Å². The van der Waals surface area contributed by atoms with Gasteiger partial charge in [0.05, 0.1) is 10.5 Å². The summed E-state index contributed by atoms with van der Waals surface area (Å²) in [6.45, 7) is 8.07. The fourth-order valence-corrected chi connectivity index (χ4v) is 5.07. The number of non-ortho nitro benzene ring substituents is 1. The number of fused-ring (bicyclic) bond motifs is 1. The number of H-pyrrole nitrogens is 1. The zero-order chi connectivity index (χ0) is 22.5. The lowest BCUT2D eigenvalue weighted by molar-refractivity contribution is -0.384. The van der Waals surface area contributed by atoms with E-state index < -0.39 is 10.8 Å². The summed E-state index contributed by atoms with van der Waals surface area (Å²) in [4.78, 5) is 44.7. The summed E-state index contributed by atoms with van der Waals surface area (Å²) in [6, 6.07) is 6.14. The van der Waals surface area contributed by atoms with Gasteiger partial charge in [0.15, 0.2) is 10.9 Å². The number of carbonyl (C=O) groups excluding carboxylic acids is 1. The Morgan fingerprint density at radius 3 is 2.68 bits per heavy atom. The number of thioether (sulfide) groups is 1. The number of nitro benzene ring substituents is 1. The van der Waals surface area contributed by atoms with Gasteiger partial charge in [0.25, 0.3) is 11.2 Å². The molecular weight excluding hydrogens is 416 g/mol. The number of hydrogen-bond acceptors (Lipinski definition) is 7. The Kier molecular flexibility index (Phi) is 5.25. The molecule has 0 saturated carbocycles. The molecule has 0 bridgehead atoms. The van der Waals surface area contributed by atoms with Crippen molar-refractivity contribution < 1.29 is 9.72 Å². The molecule has 1 aliphatic carbocycles. The molecule has 9 heteroatoms. The van der Waals surface area contributed by atoms with Crippen molar-refractivity contribution in [1.29, 1.82) is 0 Å². The van der Waals surface area contributed by atoms with Gasteiger partial charge in [0.1, 0.15) is 5.82 Å². The van der Waals surface area contributed by atoms with Crippen LogP contribution in [-0.2, 0) is 4.79 Å². The van der Waals surface area contributed by atoms with Crippen LogP contribution in [0.25, 0.3) is 0 Å². The van der Waals surface area contributed by atoms with E-state index in [0.717, 1.165) is 5.70 Å². The minimum Gasteiger partial charge on any atom is -0.343 e. The Bertz CT molecular complexity index is 1180. The Morgan fingerprint density at radius 1 is 1.26 bits per heavy atom. The van der Waals surface area contributed by atoms with Crippen molar-refractivity contribution in [3.8, 4) is 0 Å². The van der Waals surface area contributed by atoms with Crippen LogP contribution in [0.1, 0.15) is 57.6 Å². The lowest BCUT2D eigenvalue weighted by Crippen LogP contribution is -2.37. The lowest BCUT2D eigenvalue weighted by atomic mass is 9.69. The molecule has 2 N–H and O–H groups in total. The van der Waals surface area contributed by atoms with Crippen LogP contribution in [0.4, 0.5) is 11.5 Å². The average Bonchev–Trinajstić information content (AvgIpc) is 2.64. The Balaban J connectivity index is 1.95. The highest BCUT2D eigenvalue weighted by atomic mass is 32.2. The third-order valence-corrected chi connectivity index (χ3v) is 6.35. The largest absolute Gasteiger partial charge is 0.343 e. The van der Waals surface area contributed by atoms with E-state index in [1.807, 2.05) is 27.7 Å². The molecule has 0 saturated heterocycles. The number of nitro groups is 1. The van der Waals surface area contributed by atoms with Crippen LogP contribution < -0.4 is 10.9 Å². The monoisotopic (exact) mass is 440 g/mol. The smallest absolute Gasteiger partial charge is 0.269 e. The second-order valence-electron chi connectivity index (χ2n) is 9.04. The van der Waals surface area contributed by atoms with Crippen LogP contribution in [0.5, 0.6) is 0 Å². The van der Waals surface area contributed by atoms with Gasteiger partial charge in [0.2, 0.25) is 0 Å². The van der Waals surface area contributed by atoms with Crippen LogP contribution in [0.15, 0.2) is 45.5 Å². The summed E-state index contributed by atoms with van der Waals surface area (Å²) in [5.74, 6) is -0.349. The molecule has 1 aliphatic heterocycles. The summed E-state index contributed by atoms with van der Waals surface area (Å²) in [5, 5.41) is 15.3. The van der Waals surface area contributed by atoms with Gasteiger partial charge in [-0.05, 0) is 17.4 Å². The van der Waals surface area contributed by atoms with E-state index in [9.17, 15) is 19.7 Å². The molecule has 31 heavy (non-hydrogen) atoms. The first-order chi connectivity index (χ1) is 14.6. The molecule has 1 aromatic heterocycles. The molecule has 0 radical (unpaired) electrons. The van der Waals surface area contributed by atoms with Crippen LogP contribution in [0.2, 0.25) is 0 Å². The third kappa shape index (κ3) is 4.01. The van der Waals surface area contributed by atoms with E-state index in [1.165, 1.54) is 23.9 Å². The second-order valence-corrected chi connectivity index (χ2v) is 10.6. The molecule has 0 fully saturated rings. The number of rotatable bonds is 4. The number of carbonyl (C=O) groups is 1. The normalized spacial score (nSPS) is 19.6. The molecule has 162 valence electrons. The van der Waals surface area contributed by atoms with E-state index in [-0.39, 0.29) is 27.7 Å². The van der Waals surface area contributed by atoms with Gasteiger partial charge in [-0.1, -0.05) is 51.6 Å². The number of anilines is 1. The maximum Gasteiger partial charge on any atom is 0.269 e. The SMILES string of the molecule is CC(C)Sc1nc2c(c(=O)[nH]1)C(c1cccc([N+](=O)[O-])c1)C1=C(CC(C)(C)CC1=O)N2. The first-order valence-corrected chi connectivity index (χ1v) is 11.0. The topological polar surface area (TPSA) is 118 Å².